The van der Waals surface area contributed by atoms with E-state index in [1.54, 1.807) is 0 Å². The van der Waals surface area contributed by atoms with E-state index in [-0.39, 0.29) is 24.0 Å². The molecule has 0 radical (unpaired) electrons. The second kappa shape index (κ2) is 10.2. The van der Waals surface area contributed by atoms with Crippen molar-refractivity contribution in [3.63, 3.8) is 0 Å². The fourth-order valence-electron chi connectivity index (χ4n) is 2.09. The molecule has 0 aromatic heterocycles. The molecule has 4 nitrogen and oxygen atoms in total. The molecule has 2 N–H and O–H groups in total. The summed E-state index contributed by atoms with van der Waals surface area (Å²) in [4.78, 5) is 6.70. The van der Waals surface area contributed by atoms with Gasteiger partial charge in [0.05, 0.1) is 13.2 Å². The van der Waals surface area contributed by atoms with Crippen LogP contribution in [0.3, 0.4) is 0 Å². The Morgan fingerprint density at radius 3 is 2.68 bits per heavy atom. The molecular formula is C16H26IN3OS. The number of aliphatic imine (C=N–C) groups is 1. The number of ether oxygens (including phenoxy) is 1. The van der Waals surface area contributed by atoms with Crippen molar-refractivity contribution in [3.05, 3.63) is 29.8 Å². The third-order valence-electron chi connectivity index (χ3n) is 3.29. The van der Waals surface area contributed by atoms with Crippen LogP contribution in [0.4, 0.5) is 0 Å². The quantitative estimate of drug-likeness (QED) is 0.439. The summed E-state index contributed by atoms with van der Waals surface area (Å²) in [5.41, 5.74) is 7.18. The molecule has 1 fully saturated rings. The molecule has 0 saturated carbocycles. The first-order valence-electron chi connectivity index (χ1n) is 7.50. The number of halogens is 1. The molecule has 0 spiro atoms. The van der Waals surface area contributed by atoms with Gasteiger partial charge in [-0.1, -0.05) is 32.0 Å². The maximum absolute atomic E-state index is 6.09. The molecule has 0 atom stereocenters. The molecule has 2 rings (SSSR count). The first-order valence-corrected chi connectivity index (χ1v) is 8.65. The van der Waals surface area contributed by atoms with Crippen molar-refractivity contribution in [3.8, 4) is 5.75 Å². The van der Waals surface area contributed by atoms with Gasteiger partial charge in [0.25, 0.3) is 0 Å². The van der Waals surface area contributed by atoms with Gasteiger partial charge in [-0.15, -0.1) is 24.0 Å². The average molecular weight is 435 g/mol. The van der Waals surface area contributed by atoms with Crippen LogP contribution >= 0.6 is 35.7 Å². The maximum Gasteiger partial charge on any atom is 0.191 e. The van der Waals surface area contributed by atoms with Crippen molar-refractivity contribution in [1.82, 2.24) is 4.90 Å². The molecule has 6 heteroatoms. The minimum absolute atomic E-state index is 0. The van der Waals surface area contributed by atoms with E-state index in [4.69, 9.17) is 10.5 Å². The van der Waals surface area contributed by atoms with E-state index in [0.717, 1.165) is 42.5 Å². The van der Waals surface area contributed by atoms with Crippen LogP contribution < -0.4 is 10.5 Å². The lowest BCUT2D eigenvalue weighted by molar-refractivity contribution is 0.268. The van der Waals surface area contributed by atoms with E-state index in [2.05, 4.69) is 29.8 Å². The highest BCUT2D eigenvalue weighted by molar-refractivity contribution is 14.0. The molecule has 0 unspecified atom stereocenters. The van der Waals surface area contributed by atoms with Gasteiger partial charge in [-0.3, -0.25) is 0 Å². The lowest BCUT2D eigenvalue weighted by Crippen LogP contribution is -2.42. The topological polar surface area (TPSA) is 50.9 Å². The maximum atomic E-state index is 6.09. The molecular weight excluding hydrogens is 409 g/mol. The molecule has 124 valence electrons. The molecule has 1 aliphatic rings. The fraction of sp³-hybridized carbons (Fsp3) is 0.562. The van der Waals surface area contributed by atoms with E-state index in [1.807, 2.05) is 30.0 Å². The Balaban J connectivity index is 0.00000242. The second-order valence-electron chi connectivity index (χ2n) is 5.59. The zero-order valence-corrected chi connectivity index (χ0v) is 16.5. The summed E-state index contributed by atoms with van der Waals surface area (Å²) in [6, 6.07) is 8.06. The summed E-state index contributed by atoms with van der Waals surface area (Å²) in [5.74, 6) is 4.33. The average Bonchev–Trinajstić information content (AvgIpc) is 2.52. The first kappa shape index (κ1) is 19.4. The second-order valence-corrected chi connectivity index (χ2v) is 6.81. The SMILES string of the molecule is CC(C)COc1ccccc1CN=C(N)N1CCSCC1.I. The Kier molecular flexibility index (Phi) is 9.00. The molecule has 1 aliphatic heterocycles. The molecule has 1 heterocycles. The number of para-hydroxylation sites is 1. The van der Waals surface area contributed by atoms with Crippen molar-refractivity contribution in [2.75, 3.05) is 31.2 Å². The number of hydrogen-bond donors (Lipinski definition) is 1. The summed E-state index contributed by atoms with van der Waals surface area (Å²) in [6.07, 6.45) is 0. The van der Waals surface area contributed by atoms with Crippen LogP contribution in [0.1, 0.15) is 19.4 Å². The van der Waals surface area contributed by atoms with Crippen molar-refractivity contribution in [1.29, 1.82) is 0 Å². The largest absolute Gasteiger partial charge is 0.493 e. The number of nitrogens with two attached hydrogens (primary N) is 1. The minimum atomic E-state index is 0. The number of thioether (sulfide) groups is 1. The summed E-state index contributed by atoms with van der Waals surface area (Å²) >= 11 is 1.97. The van der Waals surface area contributed by atoms with Gasteiger partial charge in [0, 0.05) is 30.2 Å². The first-order chi connectivity index (χ1) is 10.2. The Labute approximate surface area is 154 Å². The van der Waals surface area contributed by atoms with Crippen LogP contribution in [0.2, 0.25) is 0 Å². The van der Waals surface area contributed by atoms with Crippen LogP contribution in [-0.4, -0.2) is 42.1 Å². The lowest BCUT2D eigenvalue weighted by atomic mass is 10.2. The van der Waals surface area contributed by atoms with Crippen LogP contribution in [0.15, 0.2) is 29.3 Å². The van der Waals surface area contributed by atoms with Crippen LogP contribution in [0.25, 0.3) is 0 Å². The van der Waals surface area contributed by atoms with Gasteiger partial charge in [0.1, 0.15) is 5.75 Å². The zero-order chi connectivity index (χ0) is 15.1. The standard InChI is InChI=1S/C16H25N3OS.HI/c1-13(2)12-20-15-6-4-3-5-14(15)11-18-16(17)19-7-9-21-10-8-19;/h3-6,13H,7-12H2,1-2H3,(H2,17,18);1H. The molecule has 1 aromatic carbocycles. The predicted octanol–water partition coefficient (Wildman–Crippen LogP) is 3.20. The molecule has 0 bridgehead atoms. The molecule has 1 saturated heterocycles. The number of guanidine groups is 1. The minimum Gasteiger partial charge on any atom is -0.493 e. The Hall–Kier alpha value is -0.630. The van der Waals surface area contributed by atoms with Gasteiger partial charge >= 0.3 is 0 Å². The summed E-state index contributed by atoms with van der Waals surface area (Å²) in [6.45, 7) is 7.57. The molecule has 22 heavy (non-hydrogen) atoms. The van der Waals surface area contributed by atoms with Crippen molar-refractivity contribution < 1.29 is 4.74 Å². The van der Waals surface area contributed by atoms with Crippen molar-refractivity contribution in [2.45, 2.75) is 20.4 Å². The molecule has 0 aliphatic carbocycles. The Morgan fingerprint density at radius 2 is 2.00 bits per heavy atom. The Bertz CT molecular complexity index is 476. The Morgan fingerprint density at radius 1 is 1.32 bits per heavy atom. The summed E-state index contributed by atoms with van der Waals surface area (Å²) in [7, 11) is 0. The van der Waals surface area contributed by atoms with Gasteiger partial charge in [-0.2, -0.15) is 11.8 Å². The van der Waals surface area contributed by atoms with Gasteiger partial charge < -0.3 is 15.4 Å². The highest BCUT2D eigenvalue weighted by atomic mass is 127. The highest BCUT2D eigenvalue weighted by Crippen LogP contribution is 2.20. The van der Waals surface area contributed by atoms with E-state index in [9.17, 15) is 0 Å². The number of benzene rings is 1. The fourth-order valence-corrected chi connectivity index (χ4v) is 2.99. The van der Waals surface area contributed by atoms with Gasteiger partial charge in [0.2, 0.25) is 0 Å². The summed E-state index contributed by atoms with van der Waals surface area (Å²) in [5, 5.41) is 0. The van der Waals surface area contributed by atoms with Crippen molar-refractivity contribution in [2.24, 2.45) is 16.6 Å². The third-order valence-corrected chi connectivity index (χ3v) is 4.23. The lowest BCUT2D eigenvalue weighted by Gasteiger charge is -2.27. The monoisotopic (exact) mass is 435 g/mol. The number of hydrogen-bond acceptors (Lipinski definition) is 3. The van der Waals surface area contributed by atoms with E-state index in [1.165, 1.54) is 0 Å². The van der Waals surface area contributed by atoms with Crippen LogP contribution in [0.5, 0.6) is 5.75 Å². The third kappa shape index (κ3) is 6.24. The van der Waals surface area contributed by atoms with Crippen LogP contribution in [-0.2, 0) is 6.54 Å². The molecule has 1 aromatic rings. The molecule has 0 amide bonds. The van der Waals surface area contributed by atoms with E-state index >= 15 is 0 Å². The van der Waals surface area contributed by atoms with Crippen molar-refractivity contribution >= 4 is 41.7 Å². The van der Waals surface area contributed by atoms with Crippen LogP contribution in [0, 0.1) is 5.92 Å². The number of nitrogens with zero attached hydrogens (tertiary/aromatic N) is 2. The zero-order valence-electron chi connectivity index (χ0n) is 13.3. The van der Waals surface area contributed by atoms with E-state index in [0.29, 0.717) is 18.4 Å². The van der Waals surface area contributed by atoms with Gasteiger partial charge in [-0.25, -0.2) is 4.99 Å². The highest BCUT2D eigenvalue weighted by Gasteiger charge is 2.12. The van der Waals surface area contributed by atoms with Gasteiger partial charge in [-0.05, 0) is 12.0 Å². The number of rotatable bonds is 5. The van der Waals surface area contributed by atoms with Gasteiger partial charge in [0.15, 0.2) is 5.96 Å². The normalized spacial score (nSPS) is 15.6. The van der Waals surface area contributed by atoms with E-state index < -0.39 is 0 Å². The smallest absolute Gasteiger partial charge is 0.191 e. The summed E-state index contributed by atoms with van der Waals surface area (Å²) < 4.78 is 5.85. The predicted molar refractivity (Wildman–Crippen MR) is 106 cm³/mol.